The monoisotopic (exact) mass is 203 g/mol. The quantitative estimate of drug-likeness (QED) is 0.455. The summed E-state index contributed by atoms with van der Waals surface area (Å²) < 4.78 is 13.1. The van der Waals surface area contributed by atoms with E-state index in [0.717, 1.165) is 0 Å². The Bertz CT molecular complexity index is 177. The van der Waals surface area contributed by atoms with Crippen molar-refractivity contribution in [3.8, 4) is 0 Å². The van der Waals surface area contributed by atoms with Gasteiger partial charge in [0.15, 0.2) is 0 Å². The molecule has 0 radical (unpaired) electrons. The molecule has 0 saturated carbocycles. The van der Waals surface area contributed by atoms with Gasteiger partial charge in [-0.1, -0.05) is 0 Å². The Morgan fingerprint density at radius 2 is 1.83 bits per heavy atom. The molecule has 0 aliphatic rings. The van der Waals surface area contributed by atoms with Crippen LogP contribution in [-0.4, -0.2) is 12.0 Å². The number of hydrogen-bond donors (Lipinski definition) is 3. The summed E-state index contributed by atoms with van der Waals surface area (Å²) in [7, 11) is -5.21. The van der Waals surface area contributed by atoms with Crippen molar-refractivity contribution in [2.75, 3.05) is 0 Å². The number of nitrogens with two attached hydrogens (primary N) is 1. The minimum Gasteiger partial charge on any atom is -0.780 e. The molecule has 0 aliphatic carbocycles. The zero-order chi connectivity index (χ0) is 8.36. The lowest BCUT2D eigenvalue weighted by Gasteiger charge is -2.28. The van der Waals surface area contributed by atoms with Gasteiger partial charge in [0.2, 0.25) is 0 Å². The van der Waals surface area contributed by atoms with Gasteiger partial charge >= 0.3 is 5.97 Å². The SMILES string of the molecule is C[C@H](N)C(=O)OP(=O)([O-])[O-].[NH4+].[NH4+]. The molecule has 0 bridgehead atoms. The Balaban J connectivity index is -0.000000405. The summed E-state index contributed by atoms with van der Waals surface area (Å²) in [4.78, 5) is 29.7. The molecular formula is C3H14N3O5P. The van der Waals surface area contributed by atoms with Crippen LogP contribution in [0.2, 0.25) is 0 Å². The van der Waals surface area contributed by atoms with Crippen LogP contribution >= 0.6 is 7.82 Å². The summed E-state index contributed by atoms with van der Waals surface area (Å²) in [5.74, 6) is -1.24. The maximum absolute atomic E-state index is 10.2. The summed E-state index contributed by atoms with van der Waals surface area (Å²) >= 11 is 0. The Morgan fingerprint density at radius 3 is 1.92 bits per heavy atom. The van der Waals surface area contributed by atoms with Crippen LogP contribution in [0.15, 0.2) is 0 Å². The predicted molar refractivity (Wildman–Crippen MR) is 39.3 cm³/mol. The molecule has 0 aromatic rings. The van der Waals surface area contributed by atoms with Gasteiger partial charge in [0.05, 0.1) is 0 Å². The molecular weight excluding hydrogens is 189 g/mol. The van der Waals surface area contributed by atoms with Crippen LogP contribution in [0, 0.1) is 0 Å². The summed E-state index contributed by atoms with van der Waals surface area (Å²) in [5.41, 5.74) is 4.87. The van der Waals surface area contributed by atoms with Crippen molar-refractivity contribution >= 4 is 13.8 Å². The lowest BCUT2D eigenvalue weighted by molar-refractivity contribution is -0.337. The maximum Gasteiger partial charge on any atom is 0.325 e. The lowest BCUT2D eigenvalue weighted by Crippen LogP contribution is -2.31. The molecule has 0 saturated heterocycles. The minimum atomic E-state index is -5.21. The summed E-state index contributed by atoms with van der Waals surface area (Å²) in [5, 5.41) is 0. The average molecular weight is 203 g/mol. The van der Waals surface area contributed by atoms with Gasteiger partial charge in [0.1, 0.15) is 13.9 Å². The highest BCUT2D eigenvalue weighted by molar-refractivity contribution is 7.43. The van der Waals surface area contributed by atoms with Crippen molar-refractivity contribution in [2.24, 2.45) is 5.73 Å². The van der Waals surface area contributed by atoms with E-state index >= 15 is 0 Å². The van der Waals surface area contributed by atoms with Crippen molar-refractivity contribution in [3.63, 3.8) is 0 Å². The molecule has 76 valence electrons. The molecule has 0 aromatic heterocycles. The molecule has 0 amide bonds. The van der Waals surface area contributed by atoms with Crippen LogP contribution in [0.25, 0.3) is 0 Å². The third kappa shape index (κ3) is 9.50. The summed E-state index contributed by atoms with van der Waals surface area (Å²) in [6.07, 6.45) is 0. The van der Waals surface area contributed by atoms with Gasteiger partial charge in [-0.15, -0.1) is 0 Å². The van der Waals surface area contributed by atoms with Crippen LogP contribution in [0.4, 0.5) is 0 Å². The molecule has 0 unspecified atom stereocenters. The Hall–Kier alpha value is -0.500. The van der Waals surface area contributed by atoms with Crippen LogP contribution in [0.1, 0.15) is 6.92 Å². The van der Waals surface area contributed by atoms with Crippen LogP contribution < -0.4 is 27.8 Å². The highest BCUT2D eigenvalue weighted by Crippen LogP contribution is 2.24. The third-order valence-electron chi connectivity index (χ3n) is 0.574. The molecule has 8 nitrogen and oxygen atoms in total. The van der Waals surface area contributed by atoms with Crippen molar-refractivity contribution < 1.29 is 23.7 Å². The minimum absolute atomic E-state index is 0. The van der Waals surface area contributed by atoms with Gasteiger partial charge in [-0.3, -0.25) is 4.79 Å². The molecule has 10 N–H and O–H groups in total. The fraction of sp³-hybridized carbons (Fsp3) is 0.667. The van der Waals surface area contributed by atoms with E-state index < -0.39 is 19.8 Å². The van der Waals surface area contributed by atoms with Gasteiger partial charge in [0.25, 0.3) is 0 Å². The van der Waals surface area contributed by atoms with Crippen molar-refractivity contribution in [1.29, 1.82) is 0 Å². The van der Waals surface area contributed by atoms with E-state index in [1.165, 1.54) is 6.92 Å². The second-order valence-electron chi connectivity index (χ2n) is 1.65. The molecule has 0 rings (SSSR count). The lowest BCUT2D eigenvalue weighted by atomic mass is 10.4. The molecule has 0 aromatic carbocycles. The van der Waals surface area contributed by atoms with E-state index in [1.807, 2.05) is 0 Å². The second-order valence-corrected chi connectivity index (χ2v) is 2.72. The first-order chi connectivity index (χ1) is 4.33. The highest BCUT2D eigenvalue weighted by atomic mass is 31.2. The van der Waals surface area contributed by atoms with Crippen LogP contribution in [0.3, 0.4) is 0 Å². The normalized spacial score (nSPS) is 12.0. The fourth-order valence-corrected chi connectivity index (χ4v) is 0.580. The number of phosphoric acid groups is 1. The third-order valence-corrected chi connectivity index (χ3v) is 0.977. The standard InChI is InChI=1S/C3H8NO5P.2H3N/c1-2(4)3(5)9-10(6,7)8;;/h2H,4H2,1H3,(H2,6,7,8);2*1H3/t2-;;/m0../s1. The molecule has 0 aliphatic heterocycles. The van der Waals surface area contributed by atoms with E-state index in [1.54, 1.807) is 0 Å². The Kier molecular flexibility index (Phi) is 8.87. The van der Waals surface area contributed by atoms with Gasteiger partial charge in [-0.05, 0) is 6.92 Å². The second kappa shape index (κ2) is 6.06. The topological polar surface area (TPSA) is 189 Å². The highest BCUT2D eigenvalue weighted by Gasteiger charge is 2.09. The van der Waals surface area contributed by atoms with E-state index in [9.17, 15) is 19.1 Å². The number of carbonyl (C=O) groups excluding carboxylic acids is 1. The van der Waals surface area contributed by atoms with E-state index in [2.05, 4.69) is 4.52 Å². The molecule has 1 atom stereocenters. The van der Waals surface area contributed by atoms with E-state index in [-0.39, 0.29) is 12.3 Å². The smallest absolute Gasteiger partial charge is 0.325 e. The molecule has 12 heavy (non-hydrogen) atoms. The first kappa shape index (κ1) is 17.5. The molecule has 0 fully saturated rings. The van der Waals surface area contributed by atoms with Crippen LogP contribution in [0.5, 0.6) is 0 Å². The Morgan fingerprint density at radius 1 is 1.50 bits per heavy atom. The molecule has 0 heterocycles. The zero-order valence-corrected chi connectivity index (χ0v) is 8.04. The number of carbonyl (C=O) groups is 1. The van der Waals surface area contributed by atoms with Crippen molar-refractivity contribution in [2.45, 2.75) is 13.0 Å². The van der Waals surface area contributed by atoms with E-state index in [4.69, 9.17) is 5.73 Å². The Labute approximate surface area is 69.5 Å². The maximum atomic E-state index is 10.2. The number of phosphoric ester groups is 1. The van der Waals surface area contributed by atoms with Gasteiger partial charge < -0.3 is 36.9 Å². The first-order valence-corrected chi connectivity index (χ1v) is 3.80. The number of hydrogen-bond acceptors (Lipinski definition) is 6. The number of rotatable bonds is 2. The summed E-state index contributed by atoms with van der Waals surface area (Å²) in [6.45, 7) is 1.21. The van der Waals surface area contributed by atoms with Gasteiger partial charge in [0, 0.05) is 0 Å². The first-order valence-electron chi connectivity index (χ1n) is 2.34. The van der Waals surface area contributed by atoms with Gasteiger partial charge in [-0.2, -0.15) is 0 Å². The van der Waals surface area contributed by atoms with Crippen molar-refractivity contribution in [1.82, 2.24) is 12.3 Å². The summed E-state index contributed by atoms with van der Waals surface area (Å²) in [6, 6.07) is -1.10. The fourth-order valence-electron chi connectivity index (χ4n) is 0.193. The molecule has 9 heteroatoms. The largest absolute Gasteiger partial charge is 0.780 e. The molecule has 0 spiro atoms. The van der Waals surface area contributed by atoms with Crippen LogP contribution in [-0.2, 0) is 13.9 Å². The zero-order valence-electron chi connectivity index (χ0n) is 7.14. The van der Waals surface area contributed by atoms with Gasteiger partial charge in [-0.25, -0.2) is 0 Å². The van der Waals surface area contributed by atoms with Crippen molar-refractivity contribution in [3.05, 3.63) is 0 Å². The van der Waals surface area contributed by atoms with E-state index in [0.29, 0.717) is 0 Å². The number of quaternary nitrogens is 2. The predicted octanol–water partition coefficient (Wildman–Crippen LogP) is -1.54. The average Bonchev–Trinajstić information content (AvgIpc) is 1.60.